The van der Waals surface area contributed by atoms with Gasteiger partial charge >= 0.3 is 0 Å². The monoisotopic (exact) mass is 283 g/mol. The smallest absolute Gasteiger partial charge is 0.108 e. The summed E-state index contributed by atoms with van der Waals surface area (Å²) in [6.45, 7) is 4.16. The highest BCUT2D eigenvalue weighted by atomic mass is 32.2. The van der Waals surface area contributed by atoms with Gasteiger partial charge in [0.05, 0.1) is 12.7 Å². The Morgan fingerprint density at radius 2 is 2.53 bits per heavy atom. The predicted molar refractivity (Wildman–Crippen MR) is 80.7 cm³/mol. The van der Waals surface area contributed by atoms with Gasteiger partial charge in [0.25, 0.3) is 0 Å². The summed E-state index contributed by atoms with van der Waals surface area (Å²) in [4.78, 5) is 4.40. The van der Waals surface area contributed by atoms with E-state index < -0.39 is 0 Å². The molecule has 0 spiro atoms. The Labute approximate surface area is 120 Å². The van der Waals surface area contributed by atoms with Crippen LogP contribution >= 0.6 is 11.8 Å². The van der Waals surface area contributed by atoms with E-state index in [9.17, 15) is 0 Å². The average Bonchev–Trinajstić information content (AvgIpc) is 2.85. The zero-order valence-corrected chi connectivity index (χ0v) is 12.8. The number of hydrogen-bond acceptors (Lipinski definition) is 4. The van der Waals surface area contributed by atoms with Gasteiger partial charge in [-0.05, 0) is 19.4 Å². The molecular weight excluding hydrogens is 258 g/mol. The van der Waals surface area contributed by atoms with Gasteiger partial charge < -0.3 is 14.6 Å². The Balaban J connectivity index is 1.87. The molecule has 1 aliphatic heterocycles. The summed E-state index contributed by atoms with van der Waals surface area (Å²) in [6, 6.07) is 0.449. The minimum Gasteiger partial charge on any atom is -0.375 e. The fourth-order valence-electron chi connectivity index (χ4n) is 2.41. The van der Waals surface area contributed by atoms with Crippen molar-refractivity contribution in [1.82, 2.24) is 14.9 Å². The Kier molecular flexibility index (Phi) is 6.20. The first kappa shape index (κ1) is 14.9. The van der Waals surface area contributed by atoms with E-state index in [1.807, 2.05) is 24.2 Å². The van der Waals surface area contributed by atoms with E-state index in [1.165, 1.54) is 6.42 Å². The molecule has 2 heterocycles. The molecule has 108 valence electrons. The summed E-state index contributed by atoms with van der Waals surface area (Å²) < 4.78 is 8.03. The standard InChI is InChI=1S/C14H25N3OS/c1-3-6-15-12(13-11-19-10-9-18-13)4-5-14-16-7-8-17(14)2/h7-8,12-13,15H,3-6,9-11H2,1-2H3. The number of aromatic nitrogens is 2. The van der Waals surface area contributed by atoms with Crippen molar-refractivity contribution in [3.8, 4) is 0 Å². The molecule has 0 bridgehead atoms. The van der Waals surface area contributed by atoms with E-state index >= 15 is 0 Å². The zero-order valence-electron chi connectivity index (χ0n) is 12.0. The topological polar surface area (TPSA) is 39.1 Å². The van der Waals surface area contributed by atoms with Crippen molar-refractivity contribution in [3.05, 3.63) is 18.2 Å². The van der Waals surface area contributed by atoms with Crippen LogP contribution in [0.5, 0.6) is 0 Å². The average molecular weight is 283 g/mol. The van der Waals surface area contributed by atoms with Crippen LogP contribution in [0.1, 0.15) is 25.6 Å². The molecule has 0 aromatic carbocycles. The molecule has 1 aromatic rings. The van der Waals surface area contributed by atoms with Gasteiger partial charge in [0, 0.05) is 43.4 Å². The molecule has 0 saturated carbocycles. The van der Waals surface area contributed by atoms with Gasteiger partial charge in [-0.1, -0.05) is 6.92 Å². The van der Waals surface area contributed by atoms with Crippen LogP contribution in [0.3, 0.4) is 0 Å². The molecule has 1 fully saturated rings. The number of aryl methyl sites for hydroxylation is 2. The molecule has 0 amide bonds. The number of ether oxygens (including phenoxy) is 1. The quantitative estimate of drug-likeness (QED) is 0.829. The maximum absolute atomic E-state index is 5.93. The van der Waals surface area contributed by atoms with Gasteiger partial charge in [-0.25, -0.2) is 4.98 Å². The third-order valence-corrected chi connectivity index (χ3v) is 4.57. The van der Waals surface area contributed by atoms with E-state index in [-0.39, 0.29) is 0 Å². The predicted octanol–water partition coefficient (Wildman–Crippen LogP) is 1.85. The van der Waals surface area contributed by atoms with Crippen molar-refractivity contribution in [1.29, 1.82) is 0 Å². The highest BCUT2D eigenvalue weighted by Gasteiger charge is 2.24. The normalized spacial score (nSPS) is 21.5. The number of nitrogens with zero attached hydrogens (tertiary/aromatic N) is 2. The van der Waals surface area contributed by atoms with Crippen LogP contribution in [-0.2, 0) is 18.2 Å². The maximum atomic E-state index is 5.93. The Bertz CT molecular complexity index is 363. The van der Waals surface area contributed by atoms with Crippen molar-refractivity contribution in [2.75, 3.05) is 24.7 Å². The second-order valence-electron chi connectivity index (χ2n) is 5.04. The molecule has 2 unspecified atom stereocenters. The summed E-state index contributed by atoms with van der Waals surface area (Å²) in [6.07, 6.45) is 7.50. The molecule has 1 aromatic heterocycles. The maximum Gasteiger partial charge on any atom is 0.108 e. The lowest BCUT2D eigenvalue weighted by molar-refractivity contribution is 0.0447. The van der Waals surface area contributed by atoms with Crippen LogP contribution in [-0.4, -0.2) is 46.4 Å². The van der Waals surface area contributed by atoms with Crippen molar-refractivity contribution < 1.29 is 4.74 Å². The minimum atomic E-state index is 0.352. The van der Waals surface area contributed by atoms with E-state index in [2.05, 4.69) is 28.8 Å². The molecule has 1 N–H and O–H groups in total. The Hall–Kier alpha value is -0.520. The molecule has 4 nitrogen and oxygen atoms in total. The van der Waals surface area contributed by atoms with Crippen LogP contribution in [0.2, 0.25) is 0 Å². The fraction of sp³-hybridized carbons (Fsp3) is 0.786. The summed E-state index contributed by atoms with van der Waals surface area (Å²) in [5.74, 6) is 3.41. The van der Waals surface area contributed by atoms with Crippen molar-refractivity contribution in [3.63, 3.8) is 0 Å². The molecule has 2 atom stereocenters. The lowest BCUT2D eigenvalue weighted by Crippen LogP contribution is -2.45. The van der Waals surface area contributed by atoms with Crippen molar-refractivity contribution in [2.45, 2.75) is 38.3 Å². The molecular formula is C14H25N3OS. The molecule has 0 radical (unpaired) electrons. The van der Waals surface area contributed by atoms with Gasteiger partial charge in [0.2, 0.25) is 0 Å². The van der Waals surface area contributed by atoms with Crippen molar-refractivity contribution >= 4 is 11.8 Å². The molecule has 2 rings (SSSR count). The fourth-order valence-corrected chi connectivity index (χ4v) is 3.35. The van der Waals surface area contributed by atoms with Crippen LogP contribution in [0.15, 0.2) is 12.4 Å². The Morgan fingerprint density at radius 1 is 1.63 bits per heavy atom. The summed E-state index contributed by atoms with van der Waals surface area (Å²) in [5.41, 5.74) is 0. The van der Waals surface area contributed by atoms with Gasteiger partial charge in [0.15, 0.2) is 0 Å². The van der Waals surface area contributed by atoms with Crippen molar-refractivity contribution in [2.24, 2.45) is 7.05 Å². The molecule has 5 heteroatoms. The number of hydrogen-bond donors (Lipinski definition) is 1. The largest absolute Gasteiger partial charge is 0.375 e. The van der Waals surface area contributed by atoms with Crippen LogP contribution < -0.4 is 5.32 Å². The highest BCUT2D eigenvalue weighted by Crippen LogP contribution is 2.18. The number of nitrogens with one attached hydrogen (secondary N) is 1. The molecule has 1 aliphatic rings. The van der Waals surface area contributed by atoms with Crippen LogP contribution in [0.4, 0.5) is 0 Å². The van der Waals surface area contributed by atoms with Gasteiger partial charge in [-0.2, -0.15) is 11.8 Å². The van der Waals surface area contributed by atoms with Crippen LogP contribution in [0, 0.1) is 0 Å². The molecule has 0 aliphatic carbocycles. The minimum absolute atomic E-state index is 0.352. The van der Waals surface area contributed by atoms with Crippen LogP contribution in [0.25, 0.3) is 0 Å². The number of thioether (sulfide) groups is 1. The third kappa shape index (κ3) is 4.51. The van der Waals surface area contributed by atoms with Gasteiger partial charge in [0.1, 0.15) is 5.82 Å². The molecule has 19 heavy (non-hydrogen) atoms. The molecule has 1 saturated heterocycles. The third-order valence-electron chi connectivity index (χ3n) is 3.55. The first-order valence-corrected chi connectivity index (χ1v) is 8.35. The lowest BCUT2D eigenvalue weighted by Gasteiger charge is -2.31. The van der Waals surface area contributed by atoms with E-state index in [0.29, 0.717) is 12.1 Å². The second-order valence-corrected chi connectivity index (χ2v) is 6.19. The highest BCUT2D eigenvalue weighted by molar-refractivity contribution is 7.99. The summed E-state index contributed by atoms with van der Waals surface area (Å²) >= 11 is 2.01. The first-order valence-electron chi connectivity index (χ1n) is 7.20. The number of imidazole rings is 1. The summed E-state index contributed by atoms with van der Waals surface area (Å²) in [7, 11) is 2.06. The van der Waals surface area contributed by atoms with E-state index in [0.717, 1.165) is 43.3 Å². The Morgan fingerprint density at radius 3 is 3.16 bits per heavy atom. The van der Waals surface area contributed by atoms with Gasteiger partial charge in [-0.3, -0.25) is 0 Å². The summed E-state index contributed by atoms with van der Waals surface area (Å²) in [5, 5.41) is 3.65. The number of rotatable bonds is 7. The SMILES string of the molecule is CCCNC(CCc1nccn1C)C1CSCCO1. The lowest BCUT2D eigenvalue weighted by atomic mass is 10.1. The second kappa shape index (κ2) is 7.92. The zero-order chi connectivity index (χ0) is 13.5. The van der Waals surface area contributed by atoms with E-state index in [1.54, 1.807) is 0 Å². The first-order chi connectivity index (χ1) is 9.31. The van der Waals surface area contributed by atoms with E-state index in [4.69, 9.17) is 4.74 Å². The van der Waals surface area contributed by atoms with Gasteiger partial charge in [-0.15, -0.1) is 0 Å².